The summed E-state index contributed by atoms with van der Waals surface area (Å²) in [4.78, 5) is 10.8. The number of halogens is 1. The van der Waals surface area contributed by atoms with E-state index in [4.69, 9.17) is 5.11 Å². The molecule has 0 saturated heterocycles. The molecule has 0 atom stereocenters. The van der Waals surface area contributed by atoms with E-state index in [1.165, 1.54) is 6.07 Å². The number of benzene rings is 1. The Morgan fingerprint density at radius 3 is 2.61 bits per heavy atom. The summed E-state index contributed by atoms with van der Waals surface area (Å²) in [7, 11) is -3.28. The Morgan fingerprint density at radius 2 is 2.06 bits per heavy atom. The van der Waals surface area contributed by atoms with Gasteiger partial charge in [-0.3, -0.25) is 0 Å². The molecule has 18 heavy (non-hydrogen) atoms. The quantitative estimate of drug-likeness (QED) is 0.657. The number of hydrogen-bond donors (Lipinski definition) is 3. The molecule has 0 aliphatic carbocycles. The van der Waals surface area contributed by atoms with E-state index in [0.29, 0.717) is 0 Å². The molecule has 6 nitrogen and oxygen atoms in total. The fourth-order valence-corrected chi connectivity index (χ4v) is 1.75. The van der Waals surface area contributed by atoms with Gasteiger partial charge < -0.3 is 10.4 Å². The van der Waals surface area contributed by atoms with E-state index in [0.717, 1.165) is 18.4 Å². The molecule has 0 spiro atoms. The molecule has 1 rings (SSSR count). The molecule has 1 aromatic rings. The van der Waals surface area contributed by atoms with Crippen LogP contribution >= 0.6 is 0 Å². The number of hydrogen-bond acceptors (Lipinski definition) is 4. The summed E-state index contributed by atoms with van der Waals surface area (Å²) in [6.07, 6.45) is 1.02. The lowest BCUT2D eigenvalue weighted by atomic mass is 10.1. The maximum atomic E-state index is 12.9. The third kappa shape index (κ3) is 4.68. The molecule has 0 heterocycles. The van der Waals surface area contributed by atoms with E-state index in [1.54, 1.807) is 0 Å². The molecule has 0 aliphatic heterocycles. The van der Waals surface area contributed by atoms with Crippen LogP contribution in [0, 0.1) is 5.82 Å². The minimum absolute atomic E-state index is 0.106. The number of anilines is 1. The molecule has 100 valence electrons. The van der Waals surface area contributed by atoms with E-state index in [1.807, 2.05) is 0 Å². The van der Waals surface area contributed by atoms with Crippen molar-refractivity contribution in [1.82, 2.24) is 4.72 Å². The standard InChI is InChI=1S/C10H13FN2O4S/c1-18(16,17)13-5-4-12-9-3-2-7(11)6-8(9)10(14)15/h2-3,6,12-13H,4-5H2,1H3,(H,14,15). The number of nitrogens with one attached hydrogen (secondary N) is 2. The van der Waals surface area contributed by atoms with Gasteiger partial charge in [0.2, 0.25) is 10.0 Å². The highest BCUT2D eigenvalue weighted by atomic mass is 32.2. The number of sulfonamides is 1. The van der Waals surface area contributed by atoms with Gasteiger partial charge in [0.1, 0.15) is 5.82 Å². The predicted molar refractivity (Wildman–Crippen MR) is 64.7 cm³/mol. The largest absolute Gasteiger partial charge is 0.478 e. The van der Waals surface area contributed by atoms with Crippen LogP contribution in [0.25, 0.3) is 0 Å². The van der Waals surface area contributed by atoms with Crippen LogP contribution < -0.4 is 10.0 Å². The topological polar surface area (TPSA) is 95.5 Å². The fraction of sp³-hybridized carbons (Fsp3) is 0.300. The van der Waals surface area contributed by atoms with Gasteiger partial charge in [0.05, 0.1) is 11.8 Å². The monoisotopic (exact) mass is 276 g/mol. The summed E-state index contributed by atoms with van der Waals surface area (Å²) >= 11 is 0. The molecule has 0 fully saturated rings. The number of carboxylic acid groups (broad SMARTS) is 1. The Morgan fingerprint density at radius 1 is 1.39 bits per heavy atom. The lowest BCUT2D eigenvalue weighted by molar-refractivity contribution is 0.0697. The molecule has 3 N–H and O–H groups in total. The molecule has 0 saturated carbocycles. The van der Waals surface area contributed by atoms with Crippen molar-refractivity contribution in [2.24, 2.45) is 0 Å². The number of carboxylic acids is 1. The van der Waals surface area contributed by atoms with E-state index < -0.39 is 21.8 Å². The minimum atomic E-state index is -3.28. The molecule has 0 radical (unpaired) electrons. The Kier molecular flexibility index (Phi) is 4.62. The predicted octanol–water partition coefficient (Wildman–Crippen LogP) is 0.485. The summed E-state index contributed by atoms with van der Waals surface area (Å²) in [5.41, 5.74) is 0.0357. The van der Waals surface area contributed by atoms with Gasteiger partial charge >= 0.3 is 5.97 Å². The second kappa shape index (κ2) is 5.78. The van der Waals surface area contributed by atoms with Crippen molar-refractivity contribution < 1.29 is 22.7 Å². The van der Waals surface area contributed by atoms with Crippen molar-refractivity contribution in [3.05, 3.63) is 29.6 Å². The summed E-state index contributed by atoms with van der Waals surface area (Å²) in [6.45, 7) is 0.300. The minimum Gasteiger partial charge on any atom is -0.478 e. The summed E-state index contributed by atoms with van der Waals surface area (Å²) in [6, 6.07) is 3.31. The first-order valence-electron chi connectivity index (χ1n) is 5.01. The van der Waals surface area contributed by atoms with Crippen LogP contribution in [-0.2, 0) is 10.0 Å². The third-order valence-electron chi connectivity index (χ3n) is 2.02. The fourth-order valence-electron chi connectivity index (χ4n) is 1.28. The molecule has 0 unspecified atom stereocenters. The Balaban J connectivity index is 2.65. The van der Waals surface area contributed by atoms with E-state index >= 15 is 0 Å². The third-order valence-corrected chi connectivity index (χ3v) is 2.75. The van der Waals surface area contributed by atoms with Gasteiger partial charge in [-0.2, -0.15) is 0 Å². The highest BCUT2D eigenvalue weighted by Gasteiger charge is 2.10. The Bertz CT molecular complexity index is 545. The number of rotatable bonds is 6. The summed E-state index contributed by atoms with van der Waals surface area (Å²) < 4.78 is 36.7. The van der Waals surface area contributed by atoms with E-state index in [9.17, 15) is 17.6 Å². The van der Waals surface area contributed by atoms with Crippen LogP contribution in [0.1, 0.15) is 10.4 Å². The maximum absolute atomic E-state index is 12.9. The second-order valence-corrected chi connectivity index (χ2v) is 5.42. The van der Waals surface area contributed by atoms with E-state index in [2.05, 4.69) is 10.0 Å². The van der Waals surface area contributed by atoms with Crippen molar-refractivity contribution in [2.75, 3.05) is 24.7 Å². The highest BCUT2D eigenvalue weighted by molar-refractivity contribution is 7.88. The van der Waals surface area contributed by atoms with Crippen molar-refractivity contribution >= 4 is 21.7 Å². The first kappa shape index (κ1) is 14.4. The molecule has 0 bridgehead atoms. The Labute approximate surface area is 104 Å². The van der Waals surface area contributed by atoms with Gasteiger partial charge in [0, 0.05) is 18.8 Å². The van der Waals surface area contributed by atoms with Gasteiger partial charge in [0.15, 0.2) is 0 Å². The van der Waals surface area contributed by atoms with Gasteiger partial charge in [0.25, 0.3) is 0 Å². The van der Waals surface area contributed by atoms with Crippen LogP contribution in [0.5, 0.6) is 0 Å². The van der Waals surface area contributed by atoms with Gasteiger partial charge in [-0.15, -0.1) is 0 Å². The Hall–Kier alpha value is -1.67. The first-order valence-corrected chi connectivity index (χ1v) is 6.90. The molecular formula is C10H13FN2O4S. The summed E-state index contributed by atoms with van der Waals surface area (Å²) in [5.74, 6) is -1.90. The SMILES string of the molecule is CS(=O)(=O)NCCNc1ccc(F)cc1C(=O)O. The molecule has 0 aliphatic rings. The van der Waals surface area contributed by atoms with Crippen molar-refractivity contribution in [3.63, 3.8) is 0 Å². The number of carbonyl (C=O) groups is 1. The van der Waals surface area contributed by atoms with Crippen LogP contribution in [0.15, 0.2) is 18.2 Å². The van der Waals surface area contributed by atoms with Crippen LogP contribution in [0.3, 0.4) is 0 Å². The average Bonchev–Trinajstić information content (AvgIpc) is 2.24. The highest BCUT2D eigenvalue weighted by Crippen LogP contribution is 2.16. The lowest BCUT2D eigenvalue weighted by Gasteiger charge is -2.09. The lowest BCUT2D eigenvalue weighted by Crippen LogP contribution is -2.27. The van der Waals surface area contributed by atoms with Crippen molar-refractivity contribution in [3.8, 4) is 0 Å². The molecule has 0 aromatic heterocycles. The molecule has 8 heteroatoms. The molecule has 1 aromatic carbocycles. The zero-order chi connectivity index (χ0) is 13.8. The van der Waals surface area contributed by atoms with Crippen LogP contribution in [0.4, 0.5) is 10.1 Å². The maximum Gasteiger partial charge on any atom is 0.337 e. The van der Waals surface area contributed by atoms with Crippen molar-refractivity contribution in [1.29, 1.82) is 0 Å². The van der Waals surface area contributed by atoms with Gasteiger partial charge in [-0.05, 0) is 18.2 Å². The zero-order valence-electron chi connectivity index (χ0n) is 9.60. The van der Waals surface area contributed by atoms with E-state index in [-0.39, 0.29) is 24.3 Å². The average molecular weight is 276 g/mol. The van der Waals surface area contributed by atoms with Crippen molar-refractivity contribution in [2.45, 2.75) is 0 Å². The smallest absolute Gasteiger partial charge is 0.337 e. The summed E-state index contributed by atoms with van der Waals surface area (Å²) in [5, 5.41) is 11.6. The normalized spacial score (nSPS) is 11.2. The first-order chi connectivity index (χ1) is 8.29. The number of aromatic carboxylic acids is 1. The van der Waals surface area contributed by atoms with Gasteiger partial charge in [-0.25, -0.2) is 22.3 Å². The van der Waals surface area contributed by atoms with Crippen LogP contribution in [0.2, 0.25) is 0 Å². The second-order valence-electron chi connectivity index (χ2n) is 3.59. The molecular weight excluding hydrogens is 263 g/mol. The van der Waals surface area contributed by atoms with Crippen LogP contribution in [-0.4, -0.2) is 38.8 Å². The van der Waals surface area contributed by atoms with Gasteiger partial charge in [-0.1, -0.05) is 0 Å². The zero-order valence-corrected chi connectivity index (χ0v) is 10.4. The molecule has 0 amide bonds.